The van der Waals surface area contributed by atoms with Crippen molar-refractivity contribution in [3.63, 3.8) is 0 Å². The van der Waals surface area contributed by atoms with Crippen LogP contribution in [0.15, 0.2) is 24.4 Å². The van der Waals surface area contributed by atoms with Crippen LogP contribution in [0, 0.1) is 5.92 Å². The Morgan fingerprint density at radius 2 is 1.95 bits per heavy atom. The molecule has 0 unspecified atom stereocenters. The summed E-state index contributed by atoms with van der Waals surface area (Å²) in [5.74, 6) is 2.35. The lowest BCUT2D eigenvalue weighted by Crippen LogP contribution is -2.37. The number of carbonyl (C=O) groups excluding carboxylic acids is 2. The first kappa shape index (κ1) is 28.1. The number of nitrogens with zero attached hydrogens (tertiary/aromatic N) is 4. The van der Waals surface area contributed by atoms with E-state index in [1.165, 1.54) is 25.7 Å². The topological polar surface area (TPSA) is 124 Å². The van der Waals surface area contributed by atoms with Crippen LogP contribution in [-0.2, 0) is 4.79 Å². The molecule has 1 aromatic heterocycles. The number of ether oxygens (including phenoxy) is 1. The minimum atomic E-state index is -0.144. The van der Waals surface area contributed by atoms with Crippen molar-refractivity contribution < 1.29 is 14.3 Å². The summed E-state index contributed by atoms with van der Waals surface area (Å²) >= 11 is 0. The van der Waals surface area contributed by atoms with Gasteiger partial charge in [0.1, 0.15) is 11.4 Å². The molecule has 216 valence electrons. The van der Waals surface area contributed by atoms with Crippen LogP contribution in [0.5, 0.6) is 5.75 Å². The van der Waals surface area contributed by atoms with Gasteiger partial charge in [-0.15, -0.1) is 0 Å². The molecule has 11 nitrogen and oxygen atoms in total. The van der Waals surface area contributed by atoms with E-state index in [1.807, 2.05) is 6.07 Å². The predicted octanol–water partition coefficient (Wildman–Crippen LogP) is 2.66. The van der Waals surface area contributed by atoms with Gasteiger partial charge in [-0.25, -0.2) is 4.98 Å². The third-order valence-corrected chi connectivity index (χ3v) is 8.28. The normalized spacial score (nSPS) is 18.4. The molecule has 1 saturated carbocycles. The molecule has 0 atom stereocenters. The number of nitrogens with one attached hydrogen (secondary N) is 4. The van der Waals surface area contributed by atoms with Crippen molar-refractivity contribution in [2.24, 2.45) is 5.92 Å². The van der Waals surface area contributed by atoms with Crippen LogP contribution in [0.25, 0.3) is 0 Å². The summed E-state index contributed by atoms with van der Waals surface area (Å²) in [4.78, 5) is 38.7. The Kier molecular flexibility index (Phi) is 9.33. The van der Waals surface area contributed by atoms with E-state index in [0.717, 1.165) is 50.5 Å². The van der Waals surface area contributed by atoms with Gasteiger partial charge < -0.3 is 35.8 Å². The van der Waals surface area contributed by atoms with Gasteiger partial charge in [0.15, 0.2) is 5.82 Å². The van der Waals surface area contributed by atoms with Crippen LogP contribution >= 0.6 is 0 Å². The molecule has 3 heterocycles. The fourth-order valence-corrected chi connectivity index (χ4v) is 5.88. The number of piperidine rings is 1. The maximum Gasteiger partial charge on any atom is 0.251 e. The number of benzene rings is 1. The predicted molar refractivity (Wildman–Crippen MR) is 157 cm³/mol. The average molecular weight is 551 g/mol. The Bertz CT molecular complexity index is 1180. The van der Waals surface area contributed by atoms with E-state index >= 15 is 0 Å². The first-order valence-corrected chi connectivity index (χ1v) is 14.6. The van der Waals surface area contributed by atoms with Crippen LogP contribution in [0.2, 0.25) is 0 Å². The number of rotatable bonds is 10. The van der Waals surface area contributed by atoms with Crippen molar-refractivity contribution in [2.75, 3.05) is 68.5 Å². The summed E-state index contributed by atoms with van der Waals surface area (Å²) in [5, 5.41) is 13.1. The zero-order valence-electron chi connectivity index (χ0n) is 23.7. The van der Waals surface area contributed by atoms with Gasteiger partial charge in [-0.05, 0) is 69.4 Å². The highest BCUT2D eigenvalue weighted by atomic mass is 16.5. The molecule has 0 spiro atoms. The number of hydrogen-bond donors (Lipinski definition) is 4. The van der Waals surface area contributed by atoms with Crippen LogP contribution in [0.4, 0.5) is 23.1 Å². The highest BCUT2D eigenvalue weighted by Gasteiger charge is 2.31. The number of fused-ring (bicyclic) bond motifs is 1. The summed E-state index contributed by atoms with van der Waals surface area (Å²) in [6, 6.07) is 5.68. The monoisotopic (exact) mass is 550 g/mol. The van der Waals surface area contributed by atoms with Crippen molar-refractivity contribution in [3.05, 3.63) is 30.0 Å². The zero-order chi connectivity index (χ0) is 27.9. The van der Waals surface area contributed by atoms with Gasteiger partial charge in [0, 0.05) is 44.7 Å². The van der Waals surface area contributed by atoms with Crippen molar-refractivity contribution in [3.8, 4) is 5.75 Å². The Hall–Kier alpha value is -3.44. The van der Waals surface area contributed by atoms with E-state index < -0.39 is 0 Å². The van der Waals surface area contributed by atoms with E-state index in [4.69, 9.17) is 9.72 Å². The lowest BCUT2D eigenvalue weighted by molar-refractivity contribution is -0.118. The van der Waals surface area contributed by atoms with Gasteiger partial charge in [-0.3, -0.25) is 9.59 Å². The quantitative estimate of drug-likeness (QED) is 0.331. The van der Waals surface area contributed by atoms with E-state index in [2.05, 4.69) is 31.2 Å². The Labute approximate surface area is 236 Å². The molecule has 4 N–H and O–H groups in total. The highest BCUT2D eigenvalue weighted by Crippen LogP contribution is 2.37. The molecule has 11 heteroatoms. The number of methoxy groups -OCH3 is 1. The molecule has 2 aromatic rings. The molecule has 0 bridgehead atoms. The van der Waals surface area contributed by atoms with Gasteiger partial charge in [0.05, 0.1) is 19.0 Å². The number of aromatic nitrogens is 2. The lowest BCUT2D eigenvalue weighted by atomic mass is 9.98. The minimum absolute atomic E-state index is 0.0687. The van der Waals surface area contributed by atoms with E-state index in [0.29, 0.717) is 54.4 Å². The Balaban J connectivity index is 1.23. The maximum atomic E-state index is 12.8. The van der Waals surface area contributed by atoms with Gasteiger partial charge >= 0.3 is 0 Å². The Morgan fingerprint density at radius 3 is 2.73 bits per heavy atom. The summed E-state index contributed by atoms with van der Waals surface area (Å²) < 4.78 is 5.61. The molecular formula is C29H42N8O3. The van der Waals surface area contributed by atoms with E-state index in [9.17, 15) is 9.59 Å². The second kappa shape index (κ2) is 13.3. The smallest absolute Gasteiger partial charge is 0.251 e. The first-order chi connectivity index (χ1) is 19.5. The SMILES string of the molecule is COc1cc(C(=O)NCCNCC2CCNCC2)ccc1Nc1ncc2c(n1)N(C1CCCC1)CCC(=O)N2C. The van der Waals surface area contributed by atoms with Crippen molar-refractivity contribution in [2.45, 2.75) is 51.0 Å². The van der Waals surface area contributed by atoms with Crippen molar-refractivity contribution in [1.82, 2.24) is 25.9 Å². The summed E-state index contributed by atoms with van der Waals surface area (Å²) in [5.41, 5.74) is 1.91. The highest BCUT2D eigenvalue weighted by molar-refractivity contribution is 5.97. The average Bonchev–Trinajstić information content (AvgIpc) is 3.48. The fourth-order valence-electron chi connectivity index (χ4n) is 5.88. The Morgan fingerprint density at radius 1 is 1.15 bits per heavy atom. The summed E-state index contributed by atoms with van der Waals surface area (Å²) in [6.07, 6.45) is 9.18. The molecule has 1 aromatic carbocycles. The second-order valence-corrected chi connectivity index (χ2v) is 10.9. The van der Waals surface area contributed by atoms with E-state index in [1.54, 1.807) is 37.4 Å². The summed E-state index contributed by atoms with van der Waals surface area (Å²) in [7, 11) is 3.36. The number of hydrogen-bond acceptors (Lipinski definition) is 9. The maximum absolute atomic E-state index is 12.8. The number of anilines is 4. The molecule has 3 aliphatic rings. The van der Waals surface area contributed by atoms with Gasteiger partial charge in [-0.1, -0.05) is 12.8 Å². The minimum Gasteiger partial charge on any atom is -0.495 e. The fraction of sp³-hybridized carbons (Fsp3) is 0.586. The van der Waals surface area contributed by atoms with E-state index in [-0.39, 0.29) is 11.8 Å². The standard InChI is InChI=1S/C29H42N8O3/c1-36-24-19-33-29(35-27(24)37(16-11-26(36)38)22-5-3-4-6-22)34-23-8-7-21(17-25(23)40-2)28(39)32-15-14-31-18-20-9-12-30-13-10-20/h7-8,17,19-20,22,30-31H,3-6,9-16,18H2,1-2H3,(H,32,39)(H,33,34,35). The molecule has 2 aliphatic heterocycles. The first-order valence-electron chi connectivity index (χ1n) is 14.6. The molecule has 1 aliphatic carbocycles. The molecule has 2 fully saturated rings. The molecule has 0 radical (unpaired) electrons. The number of amides is 2. The third kappa shape index (κ3) is 6.64. The number of carbonyl (C=O) groups is 2. The van der Waals surface area contributed by atoms with Crippen LogP contribution in [0.1, 0.15) is 55.3 Å². The molecule has 5 rings (SSSR count). The van der Waals surface area contributed by atoms with Gasteiger partial charge in [0.25, 0.3) is 5.91 Å². The van der Waals surface area contributed by atoms with Crippen LogP contribution in [0.3, 0.4) is 0 Å². The molecule has 1 saturated heterocycles. The third-order valence-electron chi connectivity index (χ3n) is 8.28. The second-order valence-electron chi connectivity index (χ2n) is 10.9. The van der Waals surface area contributed by atoms with Crippen molar-refractivity contribution in [1.29, 1.82) is 0 Å². The van der Waals surface area contributed by atoms with Gasteiger partial charge in [0.2, 0.25) is 11.9 Å². The lowest BCUT2D eigenvalue weighted by Gasteiger charge is -2.30. The van der Waals surface area contributed by atoms with Crippen molar-refractivity contribution >= 4 is 35.0 Å². The molecular weight excluding hydrogens is 508 g/mol. The largest absolute Gasteiger partial charge is 0.495 e. The van der Waals surface area contributed by atoms with Crippen LogP contribution < -0.4 is 35.8 Å². The van der Waals surface area contributed by atoms with Gasteiger partial charge in [-0.2, -0.15) is 4.98 Å². The molecule has 40 heavy (non-hydrogen) atoms. The van der Waals surface area contributed by atoms with Crippen LogP contribution in [-0.4, -0.2) is 81.3 Å². The molecule has 2 amide bonds. The zero-order valence-corrected chi connectivity index (χ0v) is 23.7. The summed E-state index contributed by atoms with van der Waals surface area (Å²) in [6.45, 7) is 5.11.